The first-order valence-electron chi connectivity index (χ1n) is 8.76. The highest BCUT2D eigenvalue weighted by atomic mass is 32.1. The second-order valence-corrected chi connectivity index (χ2v) is 7.59. The zero-order valence-electron chi connectivity index (χ0n) is 14.3. The van der Waals surface area contributed by atoms with E-state index in [2.05, 4.69) is 11.4 Å². The van der Waals surface area contributed by atoms with Gasteiger partial charge in [0.05, 0.1) is 5.92 Å². The lowest BCUT2D eigenvalue weighted by atomic mass is 9.78. The Morgan fingerprint density at radius 1 is 0.923 bits per heavy atom. The van der Waals surface area contributed by atoms with Crippen LogP contribution in [-0.4, -0.2) is 11.6 Å². The van der Waals surface area contributed by atoms with Crippen LogP contribution in [0.2, 0.25) is 0 Å². The van der Waals surface area contributed by atoms with E-state index in [1.807, 2.05) is 72.1 Å². The zero-order chi connectivity index (χ0) is 18.0. The maximum Gasteiger partial charge on any atom is 0.177 e. The van der Waals surface area contributed by atoms with Crippen molar-refractivity contribution in [2.24, 2.45) is 5.92 Å². The number of carbonyl (C=O) groups excluding carboxylic acids is 1. The van der Waals surface area contributed by atoms with E-state index in [-0.39, 0.29) is 5.78 Å². The van der Waals surface area contributed by atoms with Gasteiger partial charge in [-0.3, -0.25) is 10.2 Å². The molecule has 0 spiro atoms. The Bertz CT molecular complexity index is 864. The van der Waals surface area contributed by atoms with Gasteiger partial charge < -0.3 is 5.32 Å². The number of hydrogen-bond acceptors (Lipinski definition) is 3. The van der Waals surface area contributed by atoms with Gasteiger partial charge in [-0.25, -0.2) is 0 Å². The first kappa shape index (κ1) is 16.7. The van der Waals surface area contributed by atoms with Gasteiger partial charge in [0.25, 0.3) is 0 Å². The average Bonchev–Trinajstić information content (AvgIpc) is 3.29. The molecular formula is C22H20N2OS. The van der Waals surface area contributed by atoms with E-state index < -0.39 is 11.5 Å². The summed E-state index contributed by atoms with van der Waals surface area (Å²) in [5, 5.41) is 13.8. The molecule has 2 heterocycles. The van der Waals surface area contributed by atoms with Crippen LogP contribution in [0.5, 0.6) is 0 Å². The first-order chi connectivity index (χ1) is 12.7. The normalized spacial score (nSPS) is 18.7. The van der Waals surface area contributed by atoms with Crippen molar-refractivity contribution in [1.82, 2.24) is 5.32 Å². The molecule has 1 aliphatic rings. The third-order valence-electron chi connectivity index (χ3n) is 5.03. The molecule has 0 amide bonds. The topological polar surface area (TPSA) is 53.0 Å². The van der Waals surface area contributed by atoms with Gasteiger partial charge in [0, 0.05) is 4.88 Å². The Morgan fingerprint density at radius 3 is 2.08 bits per heavy atom. The van der Waals surface area contributed by atoms with Crippen molar-refractivity contribution in [1.29, 1.82) is 5.41 Å². The van der Waals surface area contributed by atoms with Crippen molar-refractivity contribution in [2.75, 3.05) is 0 Å². The Balaban J connectivity index is 1.73. The molecule has 26 heavy (non-hydrogen) atoms. The molecule has 0 aliphatic carbocycles. The van der Waals surface area contributed by atoms with Crippen molar-refractivity contribution in [3.63, 3.8) is 0 Å². The quantitative estimate of drug-likeness (QED) is 0.709. The molecule has 0 radical (unpaired) electrons. The Hall–Kier alpha value is -2.72. The van der Waals surface area contributed by atoms with Crippen molar-refractivity contribution < 1.29 is 4.79 Å². The van der Waals surface area contributed by atoms with Crippen LogP contribution in [0, 0.1) is 11.3 Å². The molecule has 3 nitrogen and oxygen atoms in total. The van der Waals surface area contributed by atoms with Gasteiger partial charge in [-0.1, -0.05) is 66.7 Å². The number of rotatable bonds is 5. The second kappa shape index (κ2) is 6.89. The molecule has 1 atom stereocenters. The summed E-state index contributed by atoms with van der Waals surface area (Å²) in [6, 6.07) is 23.6. The van der Waals surface area contributed by atoms with E-state index in [9.17, 15) is 4.79 Å². The number of ketones is 1. The Labute approximate surface area is 157 Å². The number of nitrogens with one attached hydrogen (secondary N) is 2. The molecule has 3 aromatic rings. The lowest BCUT2D eigenvalue weighted by Gasteiger charge is -2.29. The van der Waals surface area contributed by atoms with Crippen LogP contribution < -0.4 is 5.32 Å². The molecule has 1 unspecified atom stereocenters. The third-order valence-corrected chi connectivity index (χ3v) is 5.97. The van der Waals surface area contributed by atoms with Gasteiger partial charge in [-0.15, -0.1) is 11.3 Å². The van der Waals surface area contributed by atoms with E-state index in [4.69, 9.17) is 5.41 Å². The van der Waals surface area contributed by atoms with Gasteiger partial charge in [-0.2, -0.15) is 0 Å². The summed E-state index contributed by atoms with van der Waals surface area (Å²) < 4.78 is 0. The highest BCUT2D eigenvalue weighted by molar-refractivity contribution is 7.09. The maximum absolute atomic E-state index is 13.6. The summed E-state index contributed by atoms with van der Waals surface area (Å²) in [6.07, 6.45) is 1.48. The predicted molar refractivity (Wildman–Crippen MR) is 106 cm³/mol. The summed E-state index contributed by atoms with van der Waals surface area (Å²) in [6.45, 7) is 0. The number of hydrogen-bond donors (Lipinski definition) is 2. The molecule has 1 aliphatic heterocycles. The molecule has 130 valence electrons. The van der Waals surface area contributed by atoms with Crippen LogP contribution in [0.25, 0.3) is 0 Å². The van der Waals surface area contributed by atoms with Gasteiger partial charge in [0.2, 0.25) is 0 Å². The number of carbonyl (C=O) groups is 1. The van der Waals surface area contributed by atoms with Crippen molar-refractivity contribution in [3.05, 3.63) is 94.2 Å². The van der Waals surface area contributed by atoms with Crippen LogP contribution in [0.3, 0.4) is 0 Å². The minimum atomic E-state index is -0.973. The zero-order valence-corrected chi connectivity index (χ0v) is 15.1. The number of thiophene rings is 1. The highest BCUT2D eigenvalue weighted by Crippen LogP contribution is 2.39. The predicted octanol–water partition coefficient (Wildman–Crippen LogP) is 4.39. The fourth-order valence-electron chi connectivity index (χ4n) is 3.73. The SMILES string of the molecule is N=C1NC(c2ccccc2)(c2ccccc2)C(=O)C1CCc1cccs1. The molecule has 2 N–H and O–H groups in total. The maximum atomic E-state index is 13.6. The van der Waals surface area contributed by atoms with E-state index >= 15 is 0 Å². The van der Waals surface area contributed by atoms with Gasteiger partial charge >= 0.3 is 0 Å². The molecule has 1 saturated heterocycles. The smallest absolute Gasteiger partial charge is 0.177 e. The molecule has 2 aromatic carbocycles. The van der Waals surface area contributed by atoms with Crippen molar-refractivity contribution in [2.45, 2.75) is 18.4 Å². The third kappa shape index (κ3) is 2.76. The second-order valence-electron chi connectivity index (χ2n) is 6.56. The van der Waals surface area contributed by atoms with Crippen LogP contribution in [0.1, 0.15) is 22.4 Å². The summed E-state index contributed by atoms with van der Waals surface area (Å²) in [4.78, 5) is 14.9. The Kier molecular flexibility index (Phi) is 4.43. The van der Waals surface area contributed by atoms with E-state index in [0.717, 1.165) is 17.5 Å². The minimum absolute atomic E-state index is 0.0662. The average molecular weight is 360 g/mol. The Morgan fingerprint density at radius 2 is 1.54 bits per heavy atom. The standard InChI is InChI=1S/C22H20N2OS/c23-21-19(14-13-18-12-7-15-26-18)20(25)22(24-21,16-8-3-1-4-9-16)17-10-5-2-6-11-17/h1-12,15,19H,13-14H2,(H2,23,24). The highest BCUT2D eigenvalue weighted by Gasteiger charge is 2.52. The number of amidine groups is 1. The monoisotopic (exact) mass is 360 g/mol. The lowest BCUT2D eigenvalue weighted by molar-refractivity contribution is -0.124. The van der Waals surface area contributed by atoms with Crippen LogP contribution in [0.4, 0.5) is 0 Å². The fourth-order valence-corrected chi connectivity index (χ4v) is 4.46. The van der Waals surface area contributed by atoms with E-state index in [1.54, 1.807) is 11.3 Å². The van der Waals surface area contributed by atoms with Gasteiger partial charge in [0.1, 0.15) is 11.4 Å². The summed E-state index contributed by atoms with van der Waals surface area (Å²) in [7, 11) is 0. The summed E-state index contributed by atoms with van der Waals surface area (Å²) in [5.74, 6) is -0.0202. The van der Waals surface area contributed by atoms with E-state index in [1.165, 1.54) is 4.88 Å². The fraction of sp³-hybridized carbons (Fsp3) is 0.182. The number of Topliss-reactive ketones (excluding diaryl/α,β-unsaturated/α-hetero) is 1. The molecule has 0 bridgehead atoms. The molecule has 1 aromatic heterocycles. The van der Waals surface area contributed by atoms with Crippen LogP contribution >= 0.6 is 11.3 Å². The van der Waals surface area contributed by atoms with Crippen LogP contribution in [0.15, 0.2) is 78.2 Å². The molecule has 0 saturated carbocycles. The van der Waals surface area contributed by atoms with Crippen molar-refractivity contribution >= 4 is 23.0 Å². The summed E-state index contributed by atoms with van der Waals surface area (Å²) >= 11 is 1.70. The lowest BCUT2D eigenvalue weighted by Crippen LogP contribution is -2.44. The molecule has 4 heteroatoms. The van der Waals surface area contributed by atoms with E-state index in [0.29, 0.717) is 12.3 Å². The minimum Gasteiger partial charge on any atom is -0.354 e. The molecular weight excluding hydrogens is 340 g/mol. The van der Waals surface area contributed by atoms with Gasteiger partial charge in [0.15, 0.2) is 5.78 Å². The molecule has 1 fully saturated rings. The van der Waals surface area contributed by atoms with Crippen LogP contribution in [-0.2, 0) is 16.8 Å². The molecule has 4 rings (SSSR count). The largest absolute Gasteiger partial charge is 0.354 e. The first-order valence-corrected chi connectivity index (χ1v) is 9.64. The summed E-state index contributed by atoms with van der Waals surface area (Å²) in [5.41, 5.74) is 0.804. The van der Waals surface area contributed by atoms with Gasteiger partial charge in [-0.05, 0) is 35.4 Å². The number of aryl methyl sites for hydroxylation is 1. The number of benzene rings is 2. The van der Waals surface area contributed by atoms with Crippen molar-refractivity contribution in [3.8, 4) is 0 Å².